The highest BCUT2D eigenvalue weighted by Crippen LogP contribution is 2.30. The van der Waals surface area contributed by atoms with Crippen LogP contribution in [0, 0.1) is 11.8 Å². The molecule has 21 heavy (non-hydrogen) atoms. The van der Waals surface area contributed by atoms with Gasteiger partial charge in [-0.3, -0.25) is 0 Å². The Kier molecular flexibility index (Phi) is 4.59. The highest BCUT2D eigenvalue weighted by atomic mass is 35.5. The number of para-hydroxylation sites is 1. The molecule has 1 aliphatic rings. The number of fused-ring (bicyclic) bond motifs is 1. The lowest BCUT2D eigenvalue weighted by Gasteiger charge is -2.26. The lowest BCUT2D eigenvalue weighted by Crippen LogP contribution is -2.17. The molecule has 1 saturated carbocycles. The summed E-state index contributed by atoms with van der Waals surface area (Å²) in [7, 11) is 0. The van der Waals surface area contributed by atoms with Crippen LogP contribution in [0.1, 0.15) is 39.0 Å². The molecule has 0 spiro atoms. The van der Waals surface area contributed by atoms with Crippen LogP contribution in [0.3, 0.4) is 0 Å². The number of benzene rings is 1. The highest BCUT2D eigenvalue weighted by molar-refractivity contribution is 6.28. The van der Waals surface area contributed by atoms with Crippen LogP contribution in [0.25, 0.3) is 10.9 Å². The van der Waals surface area contributed by atoms with Crippen LogP contribution >= 0.6 is 11.6 Å². The topological polar surface area (TPSA) is 37.8 Å². The predicted molar refractivity (Wildman–Crippen MR) is 88.8 cm³/mol. The molecule has 2 aromatic rings. The fourth-order valence-corrected chi connectivity index (χ4v) is 3.58. The maximum Gasteiger partial charge on any atom is 0.224 e. The number of hydrogen-bond acceptors (Lipinski definition) is 3. The van der Waals surface area contributed by atoms with E-state index in [1.807, 2.05) is 24.3 Å². The average Bonchev–Trinajstić information content (AvgIpc) is 2.47. The summed E-state index contributed by atoms with van der Waals surface area (Å²) in [5, 5.41) is 4.80. The number of halogens is 1. The van der Waals surface area contributed by atoms with Crippen LogP contribution in [-0.4, -0.2) is 16.5 Å². The van der Waals surface area contributed by atoms with Crippen LogP contribution in [0.4, 0.5) is 5.82 Å². The molecule has 2 unspecified atom stereocenters. The summed E-state index contributed by atoms with van der Waals surface area (Å²) in [6.07, 6.45) is 6.73. The van der Waals surface area contributed by atoms with E-state index in [1.165, 1.54) is 32.1 Å². The van der Waals surface area contributed by atoms with Crippen molar-refractivity contribution in [3.63, 3.8) is 0 Å². The van der Waals surface area contributed by atoms with Crippen LogP contribution in [0.5, 0.6) is 0 Å². The van der Waals surface area contributed by atoms with Gasteiger partial charge in [-0.2, -0.15) is 0 Å². The van der Waals surface area contributed by atoms with Crippen molar-refractivity contribution in [2.75, 3.05) is 11.9 Å². The molecule has 3 rings (SSSR count). The first kappa shape index (κ1) is 14.6. The summed E-state index contributed by atoms with van der Waals surface area (Å²) < 4.78 is 0. The third-order valence-electron chi connectivity index (χ3n) is 4.47. The molecule has 2 atom stereocenters. The van der Waals surface area contributed by atoms with E-state index >= 15 is 0 Å². The largest absolute Gasteiger partial charge is 0.369 e. The van der Waals surface area contributed by atoms with E-state index in [1.54, 1.807) is 0 Å². The Labute approximate surface area is 131 Å². The van der Waals surface area contributed by atoms with Gasteiger partial charge < -0.3 is 5.32 Å². The first-order valence-electron chi connectivity index (χ1n) is 7.88. The maximum absolute atomic E-state index is 6.01. The second kappa shape index (κ2) is 6.61. The molecule has 1 aromatic heterocycles. The molecule has 0 amide bonds. The molecule has 0 aliphatic heterocycles. The Morgan fingerprint density at radius 1 is 1.24 bits per heavy atom. The molecule has 4 heteroatoms. The van der Waals surface area contributed by atoms with Crippen molar-refractivity contribution in [3.05, 3.63) is 29.5 Å². The summed E-state index contributed by atoms with van der Waals surface area (Å²) >= 11 is 6.01. The van der Waals surface area contributed by atoms with Crippen molar-refractivity contribution in [3.8, 4) is 0 Å². The molecular formula is C17H22ClN3. The minimum atomic E-state index is 0.308. The molecule has 112 valence electrons. The van der Waals surface area contributed by atoms with E-state index < -0.39 is 0 Å². The quantitative estimate of drug-likeness (QED) is 0.815. The van der Waals surface area contributed by atoms with Gasteiger partial charge >= 0.3 is 0 Å². The zero-order valence-electron chi connectivity index (χ0n) is 12.5. The molecule has 1 aromatic carbocycles. The van der Waals surface area contributed by atoms with Crippen molar-refractivity contribution in [1.29, 1.82) is 0 Å². The van der Waals surface area contributed by atoms with Gasteiger partial charge in [0.05, 0.1) is 5.52 Å². The zero-order valence-corrected chi connectivity index (χ0v) is 13.2. The van der Waals surface area contributed by atoms with Crippen LogP contribution in [0.15, 0.2) is 24.3 Å². The molecular weight excluding hydrogens is 282 g/mol. The van der Waals surface area contributed by atoms with Crippen LogP contribution < -0.4 is 5.32 Å². The summed E-state index contributed by atoms with van der Waals surface area (Å²) in [5.74, 6) is 2.59. The van der Waals surface area contributed by atoms with E-state index in [9.17, 15) is 0 Å². The summed E-state index contributed by atoms with van der Waals surface area (Å²) in [6.45, 7) is 3.33. The van der Waals surface area contributed by atoms with Crippen molar-refractivity contribution < 1.29 is 0 Å². The van der Waals surface area contributed by atoms with Crippen molar-refractivity contribution in [2.24, 2.45) is 11.8 Å². The predicted octanol–water partition coefficient (Wildman–Crippen LogP) is 4.91. The fraction of sp³-hybridized carbons (Fsp3) is 0.529. The Balaban J connectivity index is 1.65. The smallest absolute Gasteiger partial charge is 0.224 e. The summed E-state index contributed by atoms with van der Waals surface area (Å²) in [6, 6.07) is 7.99. The standard InChI is InChI=1S/C17H22ClN3/c1-12-5-4-6-13(11-12)9-10-19-16-14-7-2-3-8-15(14)20-17(18)21-16/h2-3,7-8,12-13H,4-6,9-11H2,1H3,(H,19,20,21). The van der Waals surface area contributed by atoms with Crippen molar-refractivity contribution in [1.82, 2.24) is 9.97 Å². The SMILES string of the molecule is CC1CCCC(CCNc2nc(Cl)nc3ccccc23)C1. The number of anilines is 1. The Morgan fingerprint density at radius 3 is 2.95 bits per heavy atom. The molecule has 1 aliphatic carbocycles. The molecule has 1 fully saturated rings. The normalized spacial score (nSPS) is 22.4. The third-order valence-corrected chi connectivity index (χ3v) is 4.64. The van der Waals surface area contributed by atoms with Gasteiger partial charge in [0.2, 0.25) is 5.28 Å². The zero-order chi connectivity index (χ0) is 14.7. The van der Waals surface area contributed by atoms with Crippen molar-refractivity contribution >= 4 is 28.3 Å². The summed E-state index contributed by atoms with van der Waals surface area (Å²) in [4.78, 5) is 8.60. The van der Waals surface area contributed by atoms with Crippen LogP contribution in [-0.2, 0) is 0 Å². The minimum Gasteiger partial charge on any atom is -0.369 e. The van der Waals surface area contributed by atoms with Gasteiger partial charge in [-0.05, 0) is 48.4 Å². The van der Waals surface area contributed by atoms with Crippen LogP contribution in [0.2, 0.25) is 5.28 Å². The second-order valence-corrected chi connectivity index (χ2v) is 6.55. The Morgan fingerprint density at radius 2 is 2.10 bits per heavy atom. The van der Waals surface area contributed by atoms with Gasteiger partial charge in [0.25, 0.3) is 0 Å². The molecule has 3 nitrogen and oxygen atoms in total. The summed E-state index contributed by atoms with van der Waals surface area (Å²) in [5.41, 5.74) is 0.895. The van der Waals surface area contributed by atoms with Gasteiger partial charge in [-0.1, -0.05) is 38.3 Å². The molecule has 1 heterocycles. The Hall–Kier alpha value is -1.35. The number of aromatic nitrogens is 2. The maximum atomic E-state index is 6.01. The van der Waals surface area contributed by atoms with Gasteiger partial charge in [0.15, 0.2) is 0 Å². The van der Waals surface area contributed by atoms with E-state index in [4.69, 9.17) is 11.6 Å². The van der Waals surface area contributed by atoms with Crippen molar-refractivity contribution in [2.45, 2.75) is 39.0 Å². The van der Waals surface area contributed by atoms with E-state index in [-0.39, 0.29) is 0 Å². The number of nitrogens with one attached hydrogen (secondary N) is 1. The van der Waals surface area contributed by atoms with E-state index in [0.717, 1.165) is 35.1 Å². The average molecular weight is 304 g/mol. The molecule has 0 radical (unpaired) electrons. The highest BCUT2D eigenvalue weighted by Gasteiger charge is 2.18. The minimum absolute atomic E-state index is 0.308. The molecule has 1 N–H and O–H groups in total. The number of hydrogen-bond donors (Lipinski definition) is 1. The first-order valence-corrected chi connectivity index (χ1v) is 8.26. The van der Waals surface area contributed by atoms with Gasteiger partial charge in [-0.25, -0.2) is 9.97 Å². The lowest BCUT2D eigenvalue weighted by molar-refractivity contribution is 0.274. The molecule has 0 saturated heterocycles. The third kappa shape index (κ3) is 3.65. The number of rotatable bonds is 4. The Bertz CT molecular complexity index is 614. The van der Waals surface area contributed by atoms with Gasteiger partial charge in [-0.15, -0.1) is 0 Å². The fourth-order valence-electron chi connectivity index (χ4n) is 3.40. The van der Waals surface area contributed by atoms with E-state index in [2.05, 4.69) is 22.2 Å². The molecule has 0 bridgehead atoms. The lowest BCUT2D eigenvalue weighted by atomic mass is 9.81. The van der Waals surface area contributed by atoms with E-state index in [0.29, 0.717) is 5.28 Å². The van der Waals surface area contributed by atoms with Gasteiger partial charge in [0, 0.05) is 11.9 Å². The monoisotopic (exact) mass is 303 g/mol. The number of nitrogens with zero attached hydrogens (tertiary/aromatic N) is 2. The second-order valence-electron chi connectivity index (χ2n) is 6.21. The van der Waals surface area contributed by atoms with Gasteiger partial charge in [0.1, 0.15) is 5.82 Å². The first-order chi connectivity index (χ1) is 10.2.